The van der Waals surface area contributed by atoms with Crippen molar-refractivity contribution in [3.8, 4) is 11.3 Å². The number of aromatic nitrogens is 4. The van der Waals surface area contributed by atoms with Gasteiger partial charge < -0.3 is 19.7 Å². The van der Waals surface area contributed by atoms with Crippen molar-refractivity contribution in [1.82, 2.24) is 19.7 Å². The van der Waals surface area contributed by atoms with Crippen LogP contribution in [0.15, 0.2) is 46.6 Å². The molecule has 3 aromatic heterocycles. The van der Waals surface area contributed by atoms with Gasteiger partial charge in [0.25, 0.3) is 0 Å². The molecule has 0 amide bonds. The van der Waals surface area contributed by atoms with Gasteiger partial charge in [-0.25, -0.2) is 4.98 Å². The Hall–Kier alpha value is -1.53. The molecule has 2 fully saturated rings. The molecule has 2 aliphatic heterocycles. The first-order valence-corrected chi connectivity index (χ1v) is 11.5. The first-order chi connectivity index (χ1) is 14.6. The number of aliphatic hydroxyl groups is 2. The highest BCUT2D eigenvalue weighted by Gasteiger charge is 2.54. The van der Waals surface area contributed by atoms with Crippen LogP contribution in [-0.4, -0.2) is 66.4 Å². The molecule has 8 nitrogen and oxygen atoms in total. The highest BCUT2D eigenvalue weighted by molar-refractivity contribution is 8.00. The first-order valence-electron chi connectivity index (χ1n) is 9.37. The lowest BCUT2D eigenvalue weighted by atomic mass is 9.94. The number of thiazole rings is 1. The fraction of sp³-hybridized carbons (Fsp3) is 0.421. The van der Waals surface area contributed by atoms with Crippen LogP contribution in [0.3, 0.4) is 0 Å². The van der Waals surface area contributed by atoms with E-state index < -0.39 is 17.1 Å². The normalized spacial score (nSPS) is 31.0. The van der Waals surface area contributed by atoms with E-state index in [0.29, 0.717) is 11.4 Å². The molecule has 30 heavy (non-hydrogen) atoms. The number of ether oxygens (including phenoxy) is 2. The Morgan fingerprint density at radius 3 is 3.00 bits per heavy atom. The minimum absolute atomic E-state index is 0.178. The summed E-state index contributed by atoms with van der Waals surface area (Å²) in [4.78, 5) is 8.22. The van der Waals surface area contributed by atoms with Crippen molar-refractivity contribution in [2.24, 2.45) is 0 Å². The molecule has 2 N–H and O–H groups in total. The van der Waals surface area contributed by atoms with Crippen LogP contribution in [0.25, 0.3) is 11.3 Å². The molecule has 158 valence electrons. The minimum Gasteiger partial charge on any atom is -0.392 e. The van der Waals surface area contributed by atoms with Crippen molar-refractivity contribution in [3.63, 3.8) is 0 Å². The molecule has 0 spiro atoms. The number of rotatable bonds is 5. The number of hydrogen-bond donors (Lipinski definition) is 2. The third-order valence-corrected chi connectivity index (χ3v) is 7.32. The summed E-state index contributed by atoms with van der Waals surface area (Å²) in [6.07, 6.45) is 5.60. The van der Waals surface area contributed by atoms with E-state index in [1.54, 1.807) is 30.2 Å². The van der Waals surface area contributed by atoms with Gasteiger partial charge in [0.05, 0.1) is 41.7 Å². The summed E-state index contributed by atoms with van der Waals surface area (Å²) in [5, 5.41) is 27.8. The molecule has 11 heteroatoms. The van der Waals surface area contributed by atoms with Gasteiger partial charge in [0.1, 0.15) is 23.2 Å². The van der Waals surface area contributed by atoms with E-state index >= 15 is 0 Å². The van der Waals surface area contributed by atoms with Crippen LogP contribution < -0.4 is 0 Å². The van der Waals surface area contributed by atoms with Crippen LogP contribution in [0.2, 0.25) is 5.02 Å². The molecule has 0 bridgehead atoms. The Labute approximate surface area is 185 Å². The first kappa shape index (κ1) is 20.4. The van der Waals surface area contributed by atoms with Gasteiger partial charge in [-0.3, -0.25) is 9.67 Å². The molecular formula is C19H19ClN4O4S2. The predicted octanol–water partition coefficient (Wildman–Crippen LogP) is 2.63. The fourth-order valence-corrected chi connectivity index (χ4v) is 5.95. The van der Waals surface area contributed by atoms with E-state index in [1.165, 1.54) is 23.1 Å². The number of aliphatic hydroxyl groups excluding tert-OH is 2. The van der Waals surface area contributed by atoms with Crippen molar-refractivity contribution >= 4 is 34.7 Å². The quantitative estimate of drug-likeness (QED) is 0.591. The molecule has 4 unspecified atom stereocenters. The lowest BCUT2D eigenvalue weighted by molar-refractivity contribution is -0.163. The van der Waals surface area contributed by atoms with E-state index in [2.05, 4.69) is 15.1 Å². The average molecular weight is 467 g/mol. The molecule has 5 rings (SSSR count). The SMILES string of the molecule is OCC1(Sc2cncc(Cl)c2)CC(n2cc(-c3cscn3)cn2)[C@H]2OCC(O)C2O1. The van der Waals surface area contributed by atoms with Gasteiger partial charge in [-0.1, -0.05) is 23.4 Å². The molecule has 0 aromatic carbocycles. The second kappa shape index (κ2) is 8.19. The lowest BCUT2D eigenvalue weighted by Gasteiger charge is -2.45. The molecule has 0 saturated carbocycles. The Morgan fingerprint density at radius 1 is 1.33 bits per heavy atom. The summed E-state index contributed by atoms with van der Waals surface area (Å²) in [5.41, 5.74) is 3.54. The molecule has 2 saturated heterocycles. The van der Waals surface area contributed by atoms with Gasteiger partial charge in [0, 0.05) is 40.9 Å². The van der Waals surface area contributed by atoms with Crippen molar-refractivity contribution in [3.05, 3.63) is 46.8 Å². The van der Waals surface area contributed by atoms with Crippen LogP contribution in [0.5, 0.6) is 0 Å². The molecule has 0 aliphatic carbocycles. The maximum absolute atomic E-state index is 10.5. The molecule has 0 radical (unpaired) electrons. The number of fused-ring (bicyclic) bond motifs is 1. The zero-order valence-corrected chi connectivity index (χ0v) is 18.1. The van der Waals surface area contributed by atoms with Crippen LogP contribution in [0.4, 0.5) is 0 Å². The van der Waals surface area contributed by atoms with Crippen LogP contribution >= 0.6 is 34.7 Å². The van der Waals surface area contributed by atoms with E-state index in [0.717, 1.165) is 16.2 Å². The summed E-state index contributed by atoms with van der Waals surface area (Å²) in [6, 6.07) is 1.54. The molecule has 5 heterocycles. The Bertz CT molecular complexity index is 1020. The second-order valence-electron chi connectivity index (χ2n) is 7.31. The number of thioether (sulfide) groups is 1. The van der Waals surface area contributed by atoms with E-state index in [-0.39, 0.29) is 25.4 Å². The summed E-state index contributed by atoms with van der Waals surface area (Å²) < 4.78 is 13.9. The average Bonchev–Trinajstić information content (AvgIpc) is 3.49. The third kappa shape index (κ3) is 3.77. The second-order valence-corrected chi connectivity index (χ2v) is 9.89. The van der Waals surface area contributed by atoms with Crippen molar-refractivity contribution in [1.29, 1.82) is 0 Å². The maximum atomic E-state index is 10.5. The molecular weight excluding hydrogens is 448 g/mol. The van der Waals surface area contributed by atoms with E-state index in [9.17, 15) is 10.2 Å². The van der Waals surface area contributed by atoms with Gasteiger partial charge >= 0.3 is 0 Å². The smallest absolute Gasteiger partial charge is 0.143 e. The molecule has 5 atom stereocenters. The zero-order chi connectivity index (χ0) is 20.7. The summed E-state index contributed by atoms with van der Waals surface area (Å²) in [6.45, 7) is -0.0756. The standard InChI is InChI=1S/C19H19ClN4O4S2/c20-12-1-13(5-21-4-12)30-19(9-25)2-15(17-18(28-19)16(26)7-27-17)24-6-11(3-23-24)14-8-29-10-22-14/h1,3-6,8,10,15-18,25-26H,2,7,9H2/t15?,16?,17-,18?,19?/m1/s1. The number of pyridine rings is 1. The maximum Gasteiger partial charge on any atom is 0.143 e. The van der Waals surface area contributed by atoms with Crippen molar-refractivity contribution in [2.75, 3.05) is 13.2 Å². The summed E-state index contributed by atoms with van der Waals surface area (Å²) in [5.74, 6) is 0. The van der Waals surface area contributed by atoms with Gasteiger partial charge in [-0.15, -0.1) is 11.3 Å². The summed E-state index contributed by atoms with van der Waals surface area (Å²) in [7, 11) is 0. The van der Waals surface area contributed by atoms with Crippen LogP contribution in [-0.2, 0) is 9.47 Å². The Morgan fingerprint density at radius 2 is 2.23 bits per heavy atom. The zero-order valence-electron chi connectivity index (χ0n) is 15.7. The number of halogens is 1. The minimum atomic E-state index is -1.00. The summed E-state index contributed by atoms with van der Waals surface area (Å²) >= 11 is 8.95. The molecule has 3 aromatic rings. The Kier molecular flexibility index (Phi) is 5.56. The number of hydrogen-bond acceptors (Lipinski definition) is 9. The van der Waals surface area contributed by atoms with Crippen LogP contribution in [0, 0.1) is 0 Å². The fourth-order valence-electron chi connectivity index (χ4n) is 3.94. The topological polar surface area (TPSA) is 103 Å². The lowest BCUT2D eigenvalue weighted by Crippen LogP contribution is -2.53. The number of nitrogens with zero attached hydrogens (tertiary/aromatic N) is 4. The monoisotopic (exact) mass is 466 g/mol. The van der Waals surface area contributed by atoms with Crippen LogP contribution in [0.1, 0.15) is 12.5 Å². The van der Waals surface area contributed by atoms with Crippen molar-refractivity contribution in [2.45, 2.75) is 40.6 Å². The highest BCUT2D eigenvalue weighted by atomic mass is 35.5. The van der Waals surface area contributed by atoms with Gasteiger partial charge in [-0.05, 0) is 6.07 Å². The Balaban J connectivity index is 1.48. The predicted molar refractivity (Wildman–Crippen MR) is 113 cm³/mol. The highest BCUT2D eigenvalue weighted by Crippen LogP contribution is 2.49. The van der Waals surface area contributed by atoms with Crippen molar-refractivity contribution < 1.29 is 19.7 Å². The van der Waals surface area contributed by atoms with E-state index in [4.69, 9.17) is 21.1 Å². The van der Waals surface area contributed by atoms with Gasteiger partial charge in [-0.2, -0.15) is 5.10 Å². The molecule has 2 aliphatic rings. The third-order valence-electron chi connectivity index (χ3n) is 5.31. The van der Waals surface area contributed by atoms with E-state index in [1.807, 2.05) is 16.3 Å². The van der Waals surface area contributed by atoms with Gasteiger partial charge in [0.15, 0.2) is 0 Å². The van der Waals surface area contributed by atoms with Gasteiger partial charge in [0.2, 0.25) is 0 Å². The largest absolute Gasteiger partial charge is 0.392 e.